The number of hydrogen-bond acceptors (Lipinski definition) is 2. The van der Waals surface area contributed by atoms with Crippen molar-refractivity contribution in [3.8, 4) is 6.07 Å². The highest BCUT2D eigenvalue weighted by atomic mass is 19.4. The van der Waals surface area contributed by atoms with E-state index in [2.05, 4.69) is 6.07 Å². The summed E-state index contributed by atoms with van der Waals surface area (Å²) in [6.45, 7) is 1.53. The van der Waals surface area contributed by atoms with Gasteiger partial charge in [-0.05, 0) is 38.3 Å². The summed E-state index contributed by atoms with van der Waals surface area (Å²) in [5, 5.41) is 8.57. The molecule has 0 aromatic heterocycles. The molecule has 1 fully saturated rings. The molecule has 16 heavy (non-hydrogen) atoms. The van der Waals surface area contributed by atoms with Crippen LogP contribution in [0.2, 0.25) is 0 Å². The first kappa shape index (κ1) is 13.3. The number of hydrogen-bond donors (Lipinski definition) is 0. The van der Waals surface area contributed by atoms with Gasteiger partial charge in [-0.25, -0.2) is 0 Å². The lowest BCUT2D eigenvalue weighted by Crippen LogP contribution is -2.29. The van der Waals surface area contributed by atoms with Crippen LogP contribution in [0.5, 0.6) is 0 Å². The molecule has 1 saturated heterocycles. The Morgan fingerprint density at radius 2 is 2.00 bits per heavy atom. The van der Waals surface area contributed by atoms with Gasteiger partial charge >= 0.3 is 6.18 Å². The Morgan fingerprint density at radius 3 is 2.62 bits per heavy atom. The van der Waals surface area contributed by atoms with Crippen LogP contribution in [0.15, 0.2) is 0 Å². The minimum atomic E-state index is -4.06. The Morgan fingerprint density at radius 1 is 1.25 bits per heavy atom. The Balaban J connectivity index is 2.28. The molecule has 0 bridgehead atoms. The van der Waals surface area contributed by atoms with Crippen LogP contribution < -0.4 is 0 Å². The van der Waals surface area contributed by atoms with E-state index >= 15 is 0 Å². The molecule has 1 heterocycles. The third-order valence-corrected chi connectivity index (χ3v) is 3.03. The van der Waals surface area contributed by atoms with Gasteiger partial charge in [-0.1, -0.05) is 0 Å². The SMILES string of the molecule is N#CCC1CCCN(CCC(F)(F)F)CC1. The summed E-state index contributed by atoms with van der Waals surface area (Å²) >= 11 is 0. The average Bonchev–Trinajstić information content (AvgIpc) is 2.40. The number of halogens is 3. The van der Waals surface area contributed by atoms with E-state index in [4.69, 9.17) is 5.26 Å². The summed E-state index contributed by atoms with van der Waals surface area (Å²) in [6, 6.07) is 2.14. The monoisotopic (exact) mass is 234 g/mol. The van der Waals surface area contributed by atoms with Gasteiger partial charge in [-0.15, -0.1) is 0 Å². The van der Waals surface area contributed by atoms with Crippen LogP contribution in [-0.4, -0.2) is 30.7 Å². The van der Waals surface area contributed by atoms with Crippen molar-refractivity contribution in [3.63, 3.8) is 0 Å². The van der Waals surface area contributed by atoms with Gasteiger partial charge < -0.3 is 4.90 Å². The van der Waals surface area contributed by atoms with Crippen molar-refractivity contribution in [1.29, 1.82) is 5.26 Å². The van der Waals surface area contributed by atoms with Crippen molar-refractivity contribution < 1.29 is 13.2 Å². The first-order valence-electron chi connectivity index (χ1n) is 5.67. The fourth-order valence-electron chi connectivity index (χ4n) is 2.07. The Labute approximate surface area is 94.0 Å². The summed E-state index contributed by atoms with van der Waals surface area (Å²) in [5.74, 6) is 0.376. The predicted octanol–water partition coefficient (Wildman–Crippen LogP) is 2.95. The fraction of sp³-hybridized carbons (Fsp3) is 0.909. The maximum Gasteiger partial charge on any atom is 0.390 e. The molecule has 1 atom stereocenters. The number of nitriles is 1. The average molecular weight is 234 g/mol. The molecular weight excluding hydrogens is 217 g/mol. The Bertz CT molecular complexity index is 245. The molecule has 0 aromatic rings. The molecular formula is C11H17F3N2. The zero-order valence-electron chi connectivity index (χ0n) is 9.26. The zero-order chi connectivity index (χ0) is 12.0. The minimum Gasteiger partial charge on any atom is -0.303 e. The molecule has 0 radical (unpaired) electrons. The summed E-state index contributed by atoms with van der Waals surface area (Å²) in [7, 11) is 0. The van der Waals surface area contributed by atoms with Crippen LogP contribution in [-0.2, 0) is 0 Å². The topological polar surface area (TPSA) is 27.0 Å². The summed E-state index contributed by atoms with van der Waals surface area (Å²) < 4.78 is 36.1. The van der Waals surface area contributed by atoms with E-state index in [1.54, 1.807) is 0 Å². The van der Waals surface area contributed by atoms with Crippen LogP contribution in [0.3, 0.4) is 0 Å². The predicted molar refractivity (Wildman–Crippen MR) is 54.7 cm³/mol. The van der Waals surface area contributed by atoms with Crippen LogP contribution in [0.25, 0.3) is 0 Å². The number of alkyl halides is 3. The summed E-state index contributed by atoms with van der Waals surface area (Å²) in [4.78, 5) is 1.87. The van der Waals surface area contributed by atoms with Gasteiger partial charge in [0.25, 0.3) is 0 Å². The molecule has 1 unspecified atom stereocenters. The van der Waals surface area contributed by atoms with Crippen molar-refractivity contribution in [1.82, 2.24) is 4.90 Å². The Hall–Kier alpha value is -0.760. The molecule has 1 aliphatic heterocycles. The first-order valence-corrected chi connectivity index (χ1v) is 5.67. The lowest BCUT2D eigenvalue weighted by atomic mass is 9.98. The van der Waals surface area contributed by atoms with Crippen molar-refractivity contribution in [2.45, 2.75) is 38.3 Å². The molecule has 0 spiro atoms. The molecule has 2 nitrogen and oxygen atoms in total. The van der Waals surface area contributed by atoms with Gasteiger partial charge in [0.05, 0.1) is 12.5 Å². The van der Waals surface area contributed by atoms with E-state index in [1.807, 2.05) is 4.90 Å². The van der Waals surface area contributed by atoms with E-state index in [1.165, 1.54) is 0 Å². The first-order chi connectivity index (χ1) is 7.51. The molecule has 0 aromatic carbocycles. The van der Waals surface area contributed by atoms with Crippen molar-refractivity contribution in [3.05, 3.63) is 0 Å². The van der Waals surface area contributed by atoms with Crippen LogP contribution in [0.1, 0.15) is 32.1 Å². The quantitative estimate of drug-likeness (QED) is 0.750. The maximum atomic E-state index is 12.0. The van der Waals surface area contributed by atoms with Crippen LogP contribution in [0.4, 0.5) is 13.2 Å². The van der Waals surface area contributed by atoms with E-state index < -0.39 is 12.6 Å². The highest BCUT2D eigenvalue weighted by Crippen LogP contribution is 2.23. The van der Waals surface area contributed by atoms with Gasteiger partial charge in [0.2, 0.25) is 0 Å². The Kier molecular flexibility index (Phi) is 5.07. The smallest absolute Gasteiger partial charge is 0.303 e. The van der Waals surface area contributed by atoms with Gasteiger partial charge in [0.1, 0.15) is 0 Å². The van der Waals surface area contributed by atoms with E-state index in [0.717, 1.165) is 25.8 Å². The second-order valence-corrected chi connectivity index (χ2v) is 4.37. The molecule has 0 N–H and O–H groups in total. The lowest BCUT2D eigenvalue weighted by molar-refractivity contribution is -0.137. The van der Waals surface area contributed by atoms with Gasteiger partial charge in [-0.3, -0.25) is 0 Å². The van der Waals surface area contributed by atoms with E-state index in [9.17, 15) is 13.2 Å². The number of likely N-dealkylation sites (tertiary alicyclic amines) is 1. The molecule has 0 aliphatic carbocycles. The maximum absolute atomic E-state index is 12.0. The van der Waals surface area contributed by atoms with Crippen LogP contribution >= 0.6 is 0 Å². The zero-order valence-corrected chi connectivity index (χ0v) is 9.26. The van der Waals surface area contributed by atoms with Crippen LogP contribution in [0, 0.1) is 17.2 Å². The van der Waals surface area contributed by atoms with Crippen molar-refractivity contribution in [2.24, 2.45) is 5.92 Å². The molecule has 5 heteroatoms. The van der Waals surface area contributed by atoms with E-state index in [0.29, 0.717) is 18.9 Å². The third-order valence-electron chi connectivity index (χ3n) is 3.03. The molecule has 1 rings (SSSR count). The molecule has 0 amide bonds. The summed E-state index contributed by atoms with van der Waals surface area (Å²) in [5.41, 5.74) is 0. The fourth-order valence-corrected chi connectivity index (χ4v) is 2.07. The van der Waals surface area contributed by atoms with Crippen molar-refractivity contribution >= 4 is 0 Å². The largest absolute Gasteiger partial charge is 0.390 e. The highest BCUT2D eigenvalue weighted by Gasteiger charge is 2.28. The minimum absolute atomic E-state index is 0.1000. The standard InChI is InChI=1S/C11H17F3N2/c12-11(13,14)5-9-16-7-1-2-10(3-6-15)4-8-16/h10H,1-5,7-9H2. The summed E-state index contributed by atoms with van der Waals surface area (Å²) in [6.07, 6.45) is -1.52. The number of nitrogens with zero attached hydrogens (tertiary/aromatic N) is 2. The second-order valence-electron chi connectivity index (χ2n) is 4.37. The lowest BCUT2D eigenvalue weighted by Gasteiger charge is -2.20. The van der Waals surface area contributed by atoms with E-state index in [-0.39, 0.29) is 6.54 Å². The van der Waals surface area contributed by atoms with Gasteiger partial charge in [0, 0.05) is 13.0 Å². The number of rotatable bonds is 3. The highest BCUT2D eigenvalue weighted by molar-refractivity contribution is 4.79. The normalized spacial score (nSPS) is 23.8. The molecule has 1 aliphatic rings. The van der Waals surface area contributed by atoms with Crippen molar-refractivity contribution in [2.75, 3.05) is 19.6 Å². The van der Waals surface area contributed by atoms with Gasteiger partial charge in [-0.2, -0.15) is 18.4 Å². The molecule has 0 saturated carbocycles. The third kappa shape index (κ3) is 5.36. The van der Waals surface area contributed by atoms with Gasteiger partial charge in [0.15, 0.2) is 0 Å². The molecule has 92 valence electrons. The second kappa shape index (κ2) is 6.09.